The lowest BCUT2D eigenvalue weighted by molar-refractivity contribution is -0.111. The van der Waals surface area contributed by atoms with Crippen LogP contribution in [0.2, 0.25) is 0 Å². The van der Waals surface area contributed by atoms with Crippen molar-refractivity contribution < 1.29 is 9.59 Å². The summed E-state index contributed by atoms with van der Waals surface area (Å²) in [5.74, 6) is -0.195. The minimum absolute atomic E-state index is 0.195. The third kappa shape index (κ3) is 3.31. The molecule has 0 bridgehead atoms. The van der Waals surface area contributed by atoms with Gasteiger partial charge in [-0.25, -0.2) is 4.79 Å². The molecule has 74 valence electrons. The molecule has 0 radical (unpaired) electrons. The Labute approximate surface area is 84.6 Å². The molecule has 14 heavy (non-hydrogen) atoms. The SMILES string of the molecule is NC(=O)NSN/C=C1\N=CC=CC1=O. The van der Waals surface area contributed by atoms with Crippen molar-refractivity contribution in [2.24, 2.45) is 10.7 Å². The zero-order valence-electron chi connectivity index (χ0n) is 7.06. The third-order valence-electron chi connectivity index (χ3n) is 1.21. The van der Waals surface area contributed by atoms with Crippen LogP contribution >= 0.6 is 12.1 Å². The second kappa shape index (κ2) is 5.07. The molecule has 2 amide bonds. The number of hydrogen-bond acceptors (Lipinski definition) is 5. The number of hydrogen-bond donors (Lipinski definition) is 3. The normalized spacial score (nSPS) is 17.1. The lowest BCUT2D eigenvalue weighted by Gasteiger charge is -2.02. The average molecular weight is 212 g/mol. The van der Waals surface area contributed by atoms with Crippen molar-refractivity contribution >= 4 is 30.2 Å². The molecule has 0 fully saturated rings. The summed E-state index contributed by atoms with van der Waals surface area (Å²) in [7, 11) is 0. The Hall–Kier alpha value is -1.76. The van der Waals surface area contributed by atoms with E-state index in [1.54, 1.807) is 6.08 Å². The van der Waals surface area contributed by atoms with Crippen molar-refractivity contribution in [3.8, 4) is 0 Å². The lowest BCUT2D eigenvalue weighted by atomic mass is 10.2. The van der Waals surface area contributed by atoms with Gasteiger partial charge < -0.3 is 10.5 Å². The van der Waals surface area contributed by atoms with Gasteiger partial charge in [0.2, 0.25) is 5.78 Å². The van der Waals surface area contributed by atoms with Crippen LogP contribution in [0, 0.1) is 0 Å². The second-order valence-electron chi connectivity index (χ2n) is 2.22. The van der Waals surface area contributed by atoms with Gasteiger partial charge in [-0.1, -0.05) is 0 Å². The molecule has 0 aromatic rings. The van der Waals surface area contributed by atoms with Crippen molar-refractivity contribution in [1.82, 2.24) is 9.44 Å². The van der Waals surface area contributed by atoms with E-state index in [9.17, 15) is 9.59 Å². The number of dihydropyridines is 1. The number of rotatable bonds is 3. The Morgan fingerprint density at radius 1 is 1.64 bits per heavy atom. The summed E-state index contributed by atoms with van der Waals surface area (Å²) in [5, 5.41) is 0. The Bertz CT molecular complexity index is 335. The van der Waals surface area contributed by atoms with E-state index in [-0.39, 0.29) is 11.5 Å². The fraction of sp³-hybridized carbons (Fsp3) is 0. The maximum absolute atomic E-state index is 11.1. The van der Waals surface area contributed by atoms with Gasteiger partial charge >= 0.3 is 6.03 Å². The highest BCUT2D eigenvalue weighted by molar-refractivity contribution is 7.96. The fourth-order valence-electron chi connectivity index (χ4n) is 0.676. The van der Waals surface area contributed by atoms with E-state index in [2.05, 4.69) is 14.4 Å². The molecular formula is C7H8N4O2S. The van der Waals surface area contributed by atoms with E-state index >= 15 is 0 Å². The summed E-state index contributed by atoms with van der Waals surface area (Å²) in [5.41, 5.74) is 5.07. The number of nitrogens with zero attached hydrogens (tertiary/aromatic N) is 1. The summed E-state index contributed by atoms with van der Waals surface area (Å²) in [6, 6.07) is -0.667. The van der Waals surface area contributed by atoms with Crippen LogP contribution < -0.4 is 15.2 Å². The topological polar surface area (TPSA) is 96.6 Å². The monoisotopic (exact) mass is 212 g/mol. The first kappa shape index (κ1) is 10.3. The highest BCUT2D eigenvalue weighted by atomic mass is 32.2. The molecule has 1 heterocycles. The molecule has 0 unspecified atom stereocenters. The number of nitrogens with one attached hydrogen (secondary N) is 2. The molecule has 0 spiro atoms. The van der Waals surface area contributed by atoms with Crippen molar-refractivity contribution in [3.63, 3.8) is 0 Å². The smallest absolute Gasteiger partial charge is 0.323 e. The van der Waals surface area contributed by atoms with Crippen LogP contribution in [0.4, 0.5) is 4.79 Å². The zero-order valence-corrected chi connectivity index (χ0v) is 7.88. The van der Waals surface area contributed by atoms with E-state index in [4.69, 9.17) is 5.73 Å². The molecular weight excluding hydrogens is 204 g/mol. The van der Waals surface area contributed by atoms with Gasteiger partial charge in [0, 0.05) is 12.4 Å². The molecule has 0 saturated heterocycles. The second-order valence-corrected chi connectivity index (χ2v) is 2.86. The molecule has 7 heteroatoms. The molecule has 1 aliphatic heterocycles. The number of aliphatic imine (C=N–C) groups is 1. The average Bonchev–Trinajstić information content (AvgIpc) is 2.15. The maximum atomic E-state index is 11.1. The van der Waals surface area contributed by atoms with Crippen LogP contribution in [0.5, 0.6) is 0 Å². The predicted molar refractivity (Wildman–Crippen MR) is 54.2 cm³/mol. The van der Waals surface area contributed by atoms with Crippen LogP contribution in [0.3, 0.4) is 0 Å². The minimum Gasteiger partial charge on any atom is -0.351 e. The van der Waals surface area contributed by atoms with Crippen LogP contribution in [-0.2, 0) is 4.79 Å². The van der Waals surface area contributed by atoms with Gasteiger partial charge in [-0.05, 0) is 12.2 Å². The third-order valence-corrected chi connectivity index (χ3v) is 1.74. The largest absolute Gasteiger partial charge is 0.351 e. The zero-order chi connectivity index (χ0) is 10.4. The molecule has 1 rings (SSSR count). The summed E-state index contributed by atoms with van der Waals surface area (Å²) >= 11 is 0.856. The number of primary amides is 1. The van der Waals surface area contributed by atoms with Crippen LogP contribution in [-0.4, -0.2) is 18.0 Å². The Kier molecular flexibility index (Phi) is 3.74. The Balaban J connectivity index is 2.37. The molecule has 0 aromatic carbocycles. The molecule has 0 aliphatic carbocycles. The molecule has 6 nitrogen and oxygen atoms in total. The van der Waals surface area contributed by atoms with E-state index in [0.717, 1.165) is 12.1 Å². The molecule has 0 saturated carbocycles. The van der Waals surface area contributed by atoms with Crippen LogP contribution in [0.15, 0.2) is 29.0 Å². The highest BCUT2D eigenvalue weighted by Crippen LogP contribution is 2.03. The van der Waals surface area contributed by atoms with Gasteiger partial charge in [0.15, 0.2) is 0 Å². The fourth-order valence-corrected chi connectivity index (χ4v) is 1.01. The lowest BCUT2D eigenvalue weighted by Crippen LogP contribution is -2.25. The molecule has 0 aromatic heterocycles. The van der Waals surface area contributed by atoms with Gasteiger partial charge in [-0.2, -0.15) is 0 Å². The van der Waals surface area contributed by atoms with E-state index in [1.165, 1.54) is 18.5 Å². The quantitative estimate of drug-likeness (QED) is 0.344. The first-order valence-electron chi connectivity index (χ1n) is 3.62. The maximum Gasteiger partial charge on any atom is 0.323 e. The summed E-state index contributed by atoms with van der Waals surface area (Å²) in [6.07, 6.45) is 5.82. The standard InChI is InChI=1S/C7H8N4O2S/c8-7(13)11-14-10-4-5-6(12)2-1-3-9-5/h1-4,10H,(H3,8,11,13)/b5-4-. The number of allylic oxidation sites excluding steroid dienone is 2. The number of carbonyl (C=O) groups is 2. The predicted octanol–water partition coefficient (Wildman–Crippen LogP) is -0.141. The van der Waals surface area contributed by atoms with Crippen molar-refractivity contribution in [2.45, 2.75) is 0 Å². The first-order valence-corrected chi connectivity index (χ1v) is 4.44. The van der Waals surface area contributed by atoms with Crippen molar-refractivity contribution in [2.75, 3.05) is 0 Å². The van der Waals surface area contributed by atoms with Crippen molar-refractivity contribution in [1.29, 1.82) is 0 Å². The highest BCUT2D eigenvalue weighted by Gasteiger charge is 2.05. The number of urea groups is 1. The Morgan fingerprint density at radius 3 is 3.07 bits per heavy atom. The molecule has 4 N–H and O–H groups in total. The molecule has 1 aliphatic rings. The summed E-state index contributed by atoms with van der Waals surface area (Å²) < 4.78 is 4.81. The molecule has 0 atom stereocenters. The number of amides is 2. The Morgan fingerprint density at radius 2 is 2.43 bits per heavy atom. The van der Waals surface area contributed by atoms with Gasteiger partial charge in [-0.3, -0.25) is 14.5 Å². The summed E-state index contributed by atoms with van der Waals surface area (Å²) in [6.45, 7) is 0. The van der Waals surface area contributed by atoms with Gasteiger partial charge in [-0.15, -0.1) is 0 Å². The van der Waals surface area contributed by atoms with Gasteiger partial charge in [0.25, 0.3) is 0 Å². The minimum atomic E-state index is -0.667. The van der Waals surface area contributed by atoms with E-state index < -0.39 is 6.03 Å². The first-order chi connectivity index (χ1) is 6.70. The number of nitrogens with two attached hydrogens (primary N) is 1. The summed E-state index contributed by atoms with van der Waals surface area (Å²) in [4.78, 5) is 25.1. The van der Waals surface area contributed by atoms with Gasteiger partial charge in [0.1, 0.15) is 5.70 Å². The van der Waals surface area contributed by atoms with Crippen molar-refractivity contribution in [3.05, 3.63) is 24.0 Å². The number of carbonyl (C=O) groups excluding carboxylic acids is 2. The van der Waals surface area contributed by atoms with E-state index in [0.29, 0.717) is 0 Å². The number of ketones is 1. The van der Waals surface area contributed by atoms with Crippen LogP contribution in [0.1, 0.15) is 0 Å². The van der Waals surface area contributed by atoms with E-state index in [1.807, 2.05) is 0 Å². The van der Waals surface area contributed by atoms with Crippen LogP contribution in [0.25, 0.3) is 0 Å². The van der Waals surface area contributed by atoms with Gasteiger partial charge in [0.05, 0.1) is 12.1 Å².